The summed E-state index contributed by atoms with van der Waals surface area (Å²) in [4.78, 5) is 24.5. The van der Waals surface area contributed by atoms with Crippen molar-refractivity contribution in [3.63, 3.8) is 0 Å². The summed E-state index contributed by atoms with van der Waals surface area (Å²) in [6.45, 7) is 0.601. The summed E-state index contributed by atoms with van der Waals surface area (Å²) in [6.07, 6.45) is -8.54. The molecule has 0 radical (unpaired) electrons. The SMILES string of the molecule is CC(=O)OC[C@H]1O[C@@H](Oc2c(-c3ccc(O)c(O)c3)oc3cc(O)cc(O)c3c2=O)C(O)C(O)[C@H]1O. The monoisotopic (exact) mass is 506 g/mol. The third kappa shape index (κ3) is 4.59. The minimum Gasteiger partial charge on any atom is -0.508 e. The van der Waals surface area contributed by atoms with Gasteiger partial charge in [-0.05, 0) is 18.2 Å². The summed E-state index contributed by atoms with van der Waals surface area (Å²) < 4.78 is 21.5. The van der Waals surface area contributed by atoms with Gasteiger partial charge in [0.15, 0.2) is 17.3 Å². The second kappa shape index (κ2) is 9.54. The summed E-state index contributed by atoms with van der Waals surface area (Å²) >= 11 is 0. The predicted octanol–water partition coefficient (Wildman–Crippen LogP) is 0.0319. The van der Waals surface area contributed by atoms with Gasteiger partial charge >= 0.3 is 5.97 Å². The first-order valence-corrected chi connectivity index (χ1v) is 10.5. The second-order valence-corrected chi connectivity index (χ2v) is 8.07. The van der Waals surface area contributed by atoms with Gasteiger partial charge in [0.25, 0.3) is 0 Å². The number of esters is 1. The second-order valence-electron chi connectivity index (χ2n) is 8.07. The van der Waals surface area contributed by atoms with E-state index in [4.69, 9.17) is 18.6 Å². The quantitative estimate of drug-likeness (QED) is 0.180. The molecule has 0 saturated carbocycles. The Bertz CT molecular complexity index is 1360. The molecule has 13 nitrogen and oxygen atoms in total. The average molecular weight is 506 g/mol. The number of phenolic OH excluding ortho intramolecular Hbond substituents is 4. The van der Waals surface area contributed by atoms with Crippen LogP contribution in [0.25, 0.3) is 22.3 Å². The zero-order valence-corrected chi connectivity index (χ0v) is 18.6. The van der Waals surface area contributed by atoms with Crippen molar-refractivity contribution in [2.24, 2.45) is 0 Å². The number of aromatic hydroxyl groups is 4. The lowest BCUT2D eigenvalue weighted by molar-refractivity contribution is -0.278. The highest BCUT2D eigenvalue weighted by Crippen LogP contribution is 2.39. The number of ether oxygens (including phenoxy) is 3. The Morgan fingerprint density at radius 2 is 1.67 bits per heavy atom. The Labute approximate surface area is 201 Å². The first-order valence-electron chi connectivity index (χ1n) is 10.5. The maximum atomic E-state index is 13.4. The molecule has 5 atom stereocenters. The molecule has 2 heterocycles. The summed E-state index contributed by atoms with van der Waals surface area (Å²) in [5.74, 6) is -3.84. The third-order valence-corrected chi connectivity index (χ3v) is 5.51. The molecule has 36 heavy (non-hydrogen) atoms. The standard InChI is InChI=1S/C23H22O13/c1-8(24)33-7-15-17(29)19(31)20(32)23(35-15)36-22-18(30)16-13(28)5-10(25)6-14(16)34-21(22)9-2-3-11(26)12(27)4-9/h2-6,15,17,19-20,23,25-29,31-32H,7H2,1H3/t15-,17+,19?,20?,23+/m1/s1. The lowest BCUT2D eigenvalue weighted by Gasteiger charge is -2.39. The molecule has 1 fully saturated rings. The highest BCUT2D eigenvalue weighted by molar-refractivity contribution is 5.88. The lowest BCUT2D eigenvalue weighted by Crippen LogP contribution is -2.60. The average Bonchev–Trinajstić information content (AvgIpc) is 2.81. The van der Waals surface area contributed by atoms with Crippen LogP contribution in [0.1, 0.15) is 6.92 Å². The molecule has 7 N–H and O–H groups in total. The summed E-state index contributed by atoms with van der Waals surface area (Å²) in [5.41, 5.74) is -1.24. The fourth-order valence-electron chi connectivity index (χ4n) is 3.70. The van der Waals surface area contributed by atoms with Crippen molar-refractivity contribution >= 4 is 16.9 Å². The third-order valence-electron chi connectivity index (χ3n) is 5.51. The summed E-state index contributed by atoms with van der Waals surface area (Å²) in [7, 11) is 0. The fraction of sp³-hybridized carbons (Fsp3) is 0.304. The number of benzene rings is 2. The molecule has 1 aliphatic rings. The molecule has 1 saturated heterocycles. The number of phenols is 4. The van der Waals surface area contributed by atoms with Crippen molar-refractivity contribution in [3.8, 4) is 40.1 Å². The van der Waals surface area contributed by atoms with E-state index in [0.717, 1.165) is 31.2 Å². The first kappa shape index (κ1) is 25.1. The highest BCUT2D eigenvalue weighted by atomic mass is 16.7. The number of carbonyl (C=O) groups excluding carboxylic acids is 1. The van der Waals surface area contributed by atoms with Crippen LogP contribution >= 0.6 is 0 Å². The maximum Gasteiger partial charge on any atom is 0.302 e. The fourth-order valence-corrected chi connectivity index (χ4v) is 3.70. The van der Waals surface area contributed by atoms with E-state index in [1.807, 2.05) is 0 Å². The molecule has 0 aliphatic carbocycles. The van der Waals surface area contributed by atoms with Crippen molar-refractivity contribution in [2.75, 3.05) is 6.61 Å². The van der Waals surface area contributed by atoms with E-state index in [0.29, 0.717) is 0 Å². The lowest BCUT2D eigenvalue weighted by atomic mass is 9.99. The van der Waals surface area contributed by atoms with Gasteiger partial charge < -0.3 is 54.4 Å². The molecule has 4 rings (SSSR count). The van der Waals surface area contributed by atoms with Gasteiger partial charge in [0.1, 0.15) is 53.5 Å². The van der Waals surface area contributed by atoms with E-state index in [-0.39, 0.29) is 16.9 Å². The van der Waals surface area contributed by atoms with E-state index in [9.17, 15) is 45.3 Å². The smallest absolute Gasteiger partial charge is 0.302 e. The topological polar surface area (TPSA) is 217 Å². The van der Waals surface area contributed by atoms with Crippen molar-refractivity contribution < 1.29 is 59.2 Å². The van der Waals surface area contributed by atoms with Gasteiger partial charge in [0.05, 0.1) is 0 Å². The van der Waals surface area contributed by atoms with Crippen molar-refractivity contribution in [3.05, 3.63) is 40.6 Å². The predicted molar refractivity (Wildman–Crippen MR) is 119 cm³/mol. The highest BCUT2D eigenvalue weighted by Gasteiger charge is 2.46. The number of fused-ring (bicyclic) bond motifs is 1. The van der Waals surface area contributed by atoms with Crippen LogP contribution in [0, 0.1) is 0 Å². The molecule has 1 aliphatic heterocycles. The van der Waals surface area contributed by atoms with Crippen LogP contribution in [-0.2, 0) is 14.3 Å². The van der Waals surface area contributed by atoms with E-state index < -0.39 is 82.8 Å². The minimum atomic E-state index is -1.89. The normalized spacial score (nSPS) is 23.9. The van der Waals surface area contributed by atoms with E-state index in [2.05, 4.69) is 0 Å². The van der Waals surface area contributed by atoms with Gasteiger partial charge in [0.2, 0.25) is 17.5 Å². The number of carbonyl (C=O) groups is 1. The van der Waals surface area contributed by atoms with Gasteiger partial charge in [-0.3, -0.25) is 9.59 Å². The Morgan fingerprint density at radius 1 is 0.944 bits per heavy atom. The van der Waals surface area contributed by atoms with Crippen molar-refractivity contribution in [1.29, 1.82) is 0 Å². The Balaban J connectivity index is 1.84. The molecule has 0 amide bonds. The molecule has 0 spiro atoms. The van der Waals surface area contributed by atoms with Crippen LogP contribution in [0.15, 0.2) is 39.5 Å². The maximum absolute atomic E-state index is 13.4. The Kier molecular flexibility index (Phi) is 6.65. The van der Waals surface area contributed by atoms with Gasteiger partial charge in [-0.25, -0.2) is 0 Å². The molecule has 13 heteroatoms. The molecule has 0 bridgehead atoms. The first-order chi connectivity index (χ1) is 17.0. The molecule has 2 aromatic carbocycles. The zero-order chi connectivity index (χ0) is 26.3. The van der Waals surface area contributed by atoms with Crippen LogP contribution in [0.5, 0.6) is 28.7 Å². The summed E-state index contributed by atoms with van der Waals surface area (Å²) in [5, 5.41) is 70.1. The minimum absolute atomic E-state index is 0.00415. The zero-order valence-electron chi connectivity index (χ0n) is 18.6. The van der Waals surface area contributed by atoms with Gasteiger partial charge in [-0.1, -0.05) is 0 Å². The molecule has 1 aromatic heterocycles. The van der Waals surface area contributed by atoms with Crippen LogP contribution in [-0.4, -0.2) is 79.0 Å². The molecule has 192 valence electrons. The number of rotatable bonds is 5. The Morgan fingerprint density at radius 3 is 2.33 bits per heavy atom. The molecular weight excluding hydrogens is 484 g/mol. The molecular formula is C23H22O13. The number of aliphatic hydroxyl groups is 3. The van der Waals surface area contributed by atoms with Crippen LogP contribution < -0.4 is 10.2 Å². The number of aliphatic hydroxyl groups excluding tert-OH is 3. The van der Waals surface area contributed by atoms with Crippen LogP contribution in [0.4, 0.5) is 0 Å². The van der Waals surface area contributed by atoms with Crippen molar-refractivity contribution in [1.82, 2.24) is 0 Å². The van der Waals surface area contributed by atoms with Crippen LogP contribution in [0.3, 0.4) is 0 Å². The van der Waals surface area contributed by atoms with Gasteiger partial charge in [0, 0.05) is 24.6 Å². The van der Waals surface area contributed by atoms with E-state index in [1.54, 1.807) is 0 Å². The molecule has 3 aromatic rings. The number of hydrogen-bond acceptors (Lipinski definition) is 13. The van der Waals surface area contributed by atoms with Gasteiger partial charge in [-0.15, -0.1) is 0 Å². The van der Waals surface area contributed by atoms with E-state index in [1.165, 1.54) is 6.07 Å². The van der Waals surface area contributed by atoms with Crippen molar-refractivity contribution in [2.45, 2.75) is 37.6 Å². The summed E-state index contributed by atoms with van der Waals surface area (Å²) in [6, 6.07) is 5.32. The van der Waals surface area contributed by atoms with Crippen LogP contribution in [0.2, 0.25) is 0 Å². The Hall–Kier alpha value is -4.04. The molecule has 2 unspecified atom stereocenters. The number of hydrogen-bond donors (Lipinski definition) is 7. The largest absolute Gasteiger partial charge is 0.508 e. The van der Waals surface area contributed by atoms with E-state index >= 15 is 0 Å². The van der Waals surface area contributed by atoms with Gasteiger partial charge in [-0.2, -0.15) is 0 Å².